The molecule has 4 heteroatoms. The van der Waals surface area contributed by atoms with Crippen molar-refractivity contribution >= 4 is 0 Å². The molecule has 0 spiro atoms. The molecule has 0 aliphatic rings. The van der Waals surface area contributed by atoms with Crippen LogP contribution in [0.5, 0.6) is 0 Å². The third-order valence-corrected chi connectivity index (χ3v) is 2.95. The highest BCUT2D eigenvalue weighted by Crippen LogP contribution is 2.04. The van der Waals surface area contributed by atoms with Crippen molar-refractivity contribution in [3.05, 3.63) is 54.1 Å². The van der Waals surface area contributed by atoms with Crippen LogP contribution in [0.15, 0.2) is 42.7 Å². The second-order valence-corrected chi connectivity index (χ2v) is 4.50. The monoisotopic (exact) mass is 260 g/mol. The highest BCUT2D eigenvalue weighted by atomic mass is 16.5. The Labute approximate surface area is 113 Å². The second-order valence-electron chi connectivity index (χ2n) is 4.50. The molecule has 0 aliphatic carbocycles. The van der Waals surface area contributed by atoms with Gasteiger partial charge < -0.3 is 14.4 Å². The molecule has 1 unspecified atom stereocenters. The van der Waals surface area contributed by atoms with Gasteiger partial charge in [-0.15, -0.1) is 0 Å². The van der Waals surface area contributed by atoms with Crippen LogP contribution in [0.3, 0.4) is 0 Å². The molecule has 1 N–H and O–H groups in total. The number of aliphatic hydroxyl groups excluding tert-OH is 1. The fraction of sp³-hybridized carbons (Fsp3) is 0.400. The van der Waals surface area contributed by atoms with Gasteiger partial charge in [-0.3, -0.25) is 0 Å². The molecular weight excluding hydrogens is 240 g/mol. The minimum absolute atomic E-state index is 0.330. The molecule has 0 radical (unpaired) electrons. The van der Waals surface area contributed by atoms with E-state index in [0.29, 0.717) is 19.8 Å². The standard InChI is InChI=1S/C15H20N2O2/c1-2-15-16-8-9-17(15)10-14(18)12-19-11-13-6-4-3-5-7-13/h3-9,14,18H,2,10-12H2,1H3. The van der Waals surface area contributed by atoms with Gasteiger partial charge >= 0.3 is 0 Å². The highest BCUT2D eigenvalue weighted by molar-refractivity contribution is 5.13. The molecule has 0 amide bonds. The Morgan fingerprint density at radius 2 is 2.11 bits per heavy atom. The van der Waals surface area contributed by atoms with Gasteiger partial charge in [-0.2, -0.15) is 0 Å². The van der Waals surface area contributed by atoms with E-state index in [0.717, 1.165) is 17.8 Å². The molecule has 0 fully saturated rings. The summed E-state index contributed by atoms with van der Waals surface area (Å²) in [5.74, 6) is 0.988. The lowest BCUT2D eigenvalue weighted by atomic mass is 10.2. The van der Waals surface area contributed by atoms with Crippen molar-refractivity contribution < 1.29 is 9.84 Å². The molecule has 0 bridgehead atoms. The molecule has 1 heterocycles. The number of imidazole rings is 1. The van der Waals surface area contributed by atoms with E-state index in [-0.39, 0.29) is 0 Å². The van der Waals surface area contributed by atoms with Crippen molar-refractivity contribution in [3.63, 3.8) is 0 Å². The zero-order chi connectivity index (χ0) is 13.5. The van der Waals surface area contributed by atoms with E-state index in [4.69, 9.17) is 4.74 Å². The first-order valence-corrected chi connectivity index (χ1v) is 6.59. The Morgan fingerprint density at radius 3 is 2.84 bits per heavy atom. The van der Waals surface area contributed by atoms with Crippen LogP contribution in [-0.4, -0.2) is 27.4 Å². The molecule has 0 saturated carbocycles. The first-order valence-electron chi connectivity index (χ1n) is 6.59. The van der Waals surface area contributed by atoms with Crippen molar-refractivity contribution in [1.82, 2.24) is 9.55 Å². The number of hydrogen-bond acceptors (Lipinski definition) is 3. The predicted molar refractivity (Wildman–Crippen MR) is 73.7 cm³/mol. The van der Waals surface area contributed by atoms with E-state index >= 15 is 0 Å². The molecule has 0 aliphatic heterocycles. The minimum atomic E-state index is -0.511. The summed E-state index contributed by atoms with van der Waals surface area (Å²) in [5.41, 5.74) is 1.12. The van der Waals surface area contributed by atoms with Crippen molar-refractivity contribution in [2.24, 2.45) is 0 Å². The molecule has 1 atom stereocenters. The van der Waals surface area contributed by atoms with E-state index in [1.54, 1.807) is 6.20 Å². The van der Waals surface area contributed by atoms with Crippen LogP contribution in [0.1, 0.15) is 18.3 Å². The van der Waals surface area contributed by atoms with Crippen LogP contribution in [0.4, 0.5) is 0 Å². The third-order valence-electron chi connectivity index (χ3n) is 2.95. The fourth-order valence-corrected chi connectivity index (χ4v) is 1.99. The van der Waals surface area contributed by atoms with Crippen LogP contribution >= 0.6 is 0 Å². The van der Waals surface area contributed by atoms with Gasteiger partial charge in [-0.25, -0.2) is 4.98 Å². The summed E-state index contributed by atoms with van der Waals surface area (Å²) in [7, 11) is 0. The van der Waals surface area contributed by atoms with Crippen LogP contribution in [0.25, 0.3) is 0 Å². The van der Waals surface area contributed by atoms with Crippen LogP contribution in [-0.2, 0) is 24.3 Å². The van der Waals surface area contributed by atoms with Gasteiger partial charge in [0.15, 0.2) is 0 Å². The molecule has 2 aromatic rings. The van der Waals surface area contributed by atoms with Crippen molar-refractivity contribution in [2.45, 2.75) is 32.6 Å². The summed E-state index contributed by atoms with van der Waals surface area (Å²) in [5, 5.41) is 9.95. The summed E-state index contributed by atoms with van der Waals surface area (Å²) < 4.78 is 7.49. The first-order chi connectivity index (χ1) is 9.29. The van der Waals surface area contributed by atoms with Crippen molar-refractivity contribution in [2.75, 3.05) is 6.61 Å². The lowest BCUT2D eigenvalue weighted by molar-refractivity contribution is 0.0200. The van der Waals surface area contributed by atoms with E-state index < -0.39 is 6.10 Å². The number of rotatable bonds is 7. The Morgan fingerprint density at radius 1 is 1.32 bits per heavy atom. The smallest absolute Gasteiger partial charge is 0.108 e. The summed E-state index contributed by atoms with van der Waals surface area (Å²) in [6, 6.07) is 9.96. The Hall–Kier alpha value is -1.65. The average molecular weight is 260 g/mol. The van der Waals surface area contributed by atoms with Gasteiger partial charge in [-0.1, -0.05) is 37.3 Å². The number of aryl methyl sites for hydroxylation is 1. The molecule has 1 aromatic heterocycles. The van der Waals surface area contributed by atoms with Gasteiger partial charge in [-0.05, 0) is 5.56 Å². The maximum absolute atomic E-state index is 9.95. The average Bonchev–Trinajstić information content (AvgIpc) is 2.87. The Kier molecular flexibility index (Phi) is 5.12. The number of benzene rings is 1. The number of aliphatic hydroxyl groups is 1. The highest BCUT2D eigenvalue weighted by Gasteiger charge is 2.08. The van der Waals surface area contributed by atoms with Crippen molar-refractivity contribution in [1.29, 1.82) is 0 Å². The lowest BCUT2D eigenvalue weighted by Crippen LogP contribution is -2.22. The van der Waals surface area contributed by atoms with Gasteiger partial charge in [0, 0.05) is 18.8 Å². The maximum atomic E-state index is 9.95. The van der Waals surface area contributed by atoms with Crippen LogP contribution < -0.4 is 0 Å². The van der Waals surface area contributed by atoms with Gasteiger partial charge in [0.25, 0.3) is 0 Å². The number of ether oxygens (including phenoxy) is 1. The number of nitrogens with zero attached hydrogens (tertiary/aromatic N) is 2. The molecule has 19 heavy (non-hydrogen) atoms. The molecule has 1 aromatic carbocycles. The number of hydrogen-bond donors (Lipinski definition) is 1. The van der Waals surface area contributed by atoms with E-state index in [1.165, 1.54) is 0 Å². The largest absolute Gasteiger partial charge is 0.389 e. The lowest BCUT2D eigenvalue weighted by Gasteiger charge is -2.13. The zero-order valence-corrected chi connectivity index (χ0v) is 11.2. The van der Waals surface area contributed by atoms with E-state index in [1.807, 2.05) is 41.1 Å². The summed E-state index contributed by atoms with van der Waals surface area (Å²) in [4.78, 5) is 4.23. The fourth-order valence-electron chi connectivity index (χ4n) is 1.99. The van der Waals surface area contributed by atoms with Crippen molar-refractivity contribution in [3.8, 4) is 0 Å². The quantitative estimate of drug-likeness (QED) is 0.828. The number of aromatic nitrogens is 2. The molecule has 0 saturated heterocycles. The minimum Gasteiger partial charge on any atom is -0.389 e. The summed E-state index contributed by atoms with van der Waals surface area (Å²) in [6.45, 7) is 3.44. The van der Waals surface area contributed by atoms with E-state index in [9.17, 15) is 5.11 Å². The molecule has 102 valence electrons. The topological polar surface area (TPSA) is 47.3 Å². The predicted octanol–water partition coefficient (Wildman–Crippen LogP) is 2.02. The zero-order valence-electron chi connectivity index (χ0n) is 11.2. The molecule has 2 rings (SSSR count). The summed E-state index contributed by atoms with van der Waals surface area (Å²) in [6.07, 6.45) is 4.00. The molecule has 4 nitrogen and oxygen atoms in total. The first kappa shape index (κ1) is 13.8. The van der Waals surface area contributed by atoms with Gasteiger partial charge in [0.2, 0.25) is 0 Å². The van der Waals surface area contributed by atoms with Gasteiger partial charge in [0.1, 0.15) is 5.82 Å². The van der Waals surface area contributed by atoms with Crippen LogP contribution in [0, 0.1) is 0 Å². The summed E-state index contributed by atoms with van der Waals surface area (Å²) >= 11 is 0. The maximum Gasteiger partial charge on any atom is 0.108 e. The Bertz CT molecular complexity index is 482. The van der Waals surface area contributed by atoms with Crippen LogP contribution in [0.2, 0.25) is 0 Å². The van der Waals surface area contributed by atoms with Gasteiger partial charge in [0.05, 0.1) is 25.9 Å². The van der Waals surface area contributed by atoms with E-state index in [2.05, 4.69) is 11.9 Å². The Balaban J connectivity index is 1.74. The SMILES string of the molecule is CCc1nccn1CC(O)COCc1ccccc1. The molecular formula is C15H20N2O2. The second kappa shape index (κ2) is 7.07. The normalized spacial score (nSPS) is 12.5. The third kappa shape index (κ3) is 4.19.